The zero-order valence-corrected chi connectivity index (χ0v) is 9.45. The molecule has 0 heterocycles. The highest BCUT2D eigenvalue weighted by Crippen LogP contribution is 2.40. The van der Waals surface area contributed by atoms with Crippen LogP contribution >= 0.6 is 0 Å². The van der Waals surface area contributed by atoms with E-state index in [1.54, 1.807) is 0 Å². The van der Waals surface area contributed by atoms with E-state index < -0.39 is 0 Å². The second-order valence-corrected chi connectivity index (χ2v) is 4.75. The van der Waals surface area contributed by atoms with Crippen molar-refractivity contribution in [3.8, 4) is 0 Å². The number of hydrogen-bond donors (Lipinski definition) is 0. The first-order valence-corrected chi connectivity index (χ1v) is 6.16. The molecule has 3 atom stereocenters. The maximum atomic E-state index is 11.8. The van der Waals surface area contributed by atoms with Crippen LogP contribution in [0.15, 0.2) is 12.2 Å². The van der Waals surface area contributed by atoms with Crippen LogP contribution in [0.25, 0.3) is 0 Å². The van der Waals surface area contributed by atoms with Crippen molar-refractivity contribution in [2.24, 2.45) is 17.8 Å². The Morgan fingerprint density at radius 1 is 1.40 bits per heavy atom. The summed E-state index contributed by atoms with van der Waals surface area (Å²) in [4.78, 5) is 11.8. The first kappa shape index (κ1) is 10.7. The Hall–Kier alpha value is -0.790. The van der Waals surface area contributed by atoms with Crippen molar-refractivity contribution in [3.63, 3.8) is 0 Å². The number of carbonyl (C=O) groups is 1. The first-order valence-electron chi connectivity index (χ1n) is 6.16. The highest BCUT2D eigenvalue weighted by molar-refractivity contribution is 5.73. The van der Waals surface area contributed by atoms with E-state index >= 15 is 0 Å². The van der Waals surface area contributed by atoms with Gasteiger partial charge in [0.25, 0.3) is 0 Å². The average Bonchev–Trinajstić information content (AvgIpc) is 2.30. The van der Waals surface area contributed by atoms with Gasteiger partial charge in [-0.25, -0.2) is 0 Å². The van der Waals surface area contributed by atoms with E-state index in [2.05, 4.69) is 19.1 Å². The fourth-order valence-electron chi connectivity index (χ4n) is 2.63. The highest BCUT2D eigenvalue weighted by Gasteiger charge is 2.37. The van der Waals surface area contributed by atoms with Crippen LogP contribution in [-0.4, -0.2) is 12.6 Å². The largest absolute Gasteiger partial charge is 0.465 e. The molecule has 3 aliphatic carbocycles. The average molecular weight is 208 g/mol. The van der Waals surface area contributed by atoms with Gasteiger partial charge in [-0.2, -0.15) is 0 Å². The van der Waals surface area contributed by atoms with Crippen molar-refractivity contribution in [2.75, 3.05) is 6.61 Å². The van der Waals surface area contributed by atoms with E-state index in [-0.39, 0.29) is 11.9 Å². The van der Waals surface area contributed by atoms with Gasteiger partial charge in [-0.3, -0.25) is 4.79 Å². The molecule has 0 saturated heterocycles. The smallest absolute Gasteiger partial charge is 0.309 e. The summed E-state index contributed by atoms with van der Waals surface area (Å²) in [5.74, 6) is 1.30. The molecule has 0 N–H and O–H groups in total. The van der Waals surface area contributed by atoms with E-state index in [1.807, 2.05) is 0 Å². The molecule has 0 unspecified atom stereocenters. The summed E-state index contributed by atoms with van der Waals surface area (Å²) in [6.07, 6.45) is 10.0. The Labute approximate surface area is 91.7 Å². The molecule has 0 aliphatic heterocycles. The first-order chi connectivity index (χ1) is 7.31. The van der Waals surface area contributed by atoms with Crippen molar-refractivity contribution < 1.29 is 9.53 Å². The molecule has 84 valence electrons. The van der Waals surface area contributed by atoms with Gasteiger partial charge >= 0.3 is 5.97 Å². The number of esters is 1. The summed E-state index contributed by atoms with van der Waals surface area (Å²) in [6, 6.07) is 0. The van der Waals surface area contributed by atoms with Gasteiger partial charge in [0, 0.05) is 0 Å². The van der Waals surface area contributed by atoms with Crippen LogP contribution in [0.3, 0.4) is 0 Å². The minimum atomic E-state index is 0.0440. The van der Waals surface area contributed by atoms with E-state index in [1.165, 1.54) is 12.8 Å². The molecular formula is C13H20O2. The molecule has 2 heteroatoms. The normalized spacial score (nSPS) is 33.0. The topological polar surface area (TPSA) is 26.3 Å². The minimum absolute atomic E-state index is 0.0440. The van der Waals surface area contributed by atoms with Gasteiger partial charge in [0.15, 0.2) is 0 Å². The van der Waals surface area contributed by atoms with Crippen LogP contribution in [0.2, 0.25) is 0 Å². The Morgan fingerprint density at radius 3 is 2.80 bits per heavy atom. The second-order valence-electron chi connectivity index (χ2n) is 4.75. The maximum absolute atomic E-state index is 11.8. The molecular weight excluding hydrogens is 188 g/mol. The molecule has 15 heavy (non-hydrogen) atoms. The third kappa shape index (κ3) is 2.42. The SMILES string of the molecule is CCCCOC(=O)[C@@H]1C[C@H]2C=C[C@@H]1CC2. The van der Waals surface area contributed by atoms with Crippen molar-refractivity contribution >= 4 is 5.97 Å². The second kappa shape index (κ2) is 4.82. The zero-order valence-electron chi connectivity index (χ0n) is 9.45. The maximum Gasteiger partial charge on any atom is 0.309 e. The van der Waals surface area contributed by atoms with Gasteiger partial charge in [-0.15, -0.1) is 0 Å². The summed E-state index contributed by atoms with van der Waals surface area (Å²) in [7, 11) is 0. The quantitative estimate of drug-likeness (QED) is 0.403. The Balaban J connectivity index is 1.84. The predicted octanol–water partition coefficient (Wildman–Crippen LogP) is 2.93. The number of fused-ring (bicyclic) bond motifs is 2. The number of carbonyl (C=O) groups excluding carboxylic acids is 1. The number of ether oxygens (including phenoxy) is 1. The number of hydrogen-bond acceptors (Lipinski definition) is 2. The Morgan fingerprint density at radius 2 is 2.27 bits per heavy atom. The summed E-state index contributed by atoms with van der Waals surface area (Å²) in [5.41, 5.74) is 0. The lowest BCUT2D eigenvalue weighted by atomic mass is 9.69. The lowest BCUT2D eigenvalue weighted by Crippen LogP contribution is -2.34. The Kier molecular flexibility index (Phi) is 3.45. The van der Waals surface area contributed by atoms with Gasteiger partial charge in [0.05, 0.1) is 12.5 Å². The molecule has 1 saturated carbocycles. The minimum Gasteiger partial charge on any atom is -0.465 e. The molecule has 0 spiro atoms. The Bertz CT molecular complexity index is 257. The fraction of sp³-hybridized carbons (Fsp3) is 0.769. The summed E-state index contributed by atoms with van der Waals surface area (Å²) < 4.78 is 5.30. The number of allylic oxidation sites excluding steroid dienone is 2. The molecule has 3 rings (SSSR count). The van der Waals surface area contributed by atoms with Crippen molar-refractivity contribution in [1.82, 2.24) is 0 Å². The van der Waals surface area contributed by atoms with Crippen LogP contribution in [0.5, 0.6) is 0 Å². The summed E-state index contributed by atoms with van der Waals surface area (Å²) in [5, 5.41) is 0. The molecule has 1 fully saturated rings. The molecule has 0 radical (unpaired) electrons. The lowest BCUT2D eigenvalue weighted by Gasteiger charge is -2.36. The van der Waals surface area contributed by atoms with Gasteiger partial charge in [-0.1, -0.05) is 25.5 Å². The molecule has 0 aromatic carbocycles. The van der Waals surface area contributed by atoms with Gasteiger partial charge in [0.2, 0.25) is 0 Å². The molecule has 0 aromatic rings. The van der Waals surface area contributed by atoms with E-state index in [0.29, 0.717) is 18.4 Å². The van der Waals surface area contributed by atoms with Crippen molar-refractivity contribution in [3.05, 3.63) is 12.2 Å². The van der Waals surface area contributed by atoms with E-state index in [9.17, 15) is 4.79 Å². The predicted molar refractivity (Wildman–Crippen MR) is 59.3 cm³/mol. The van der Waals surface area contributed by atoms with Gasteiger partial charge in [0.1, 0.15) is 0 Å². The van der Waals surface area contributed by atoms with Crippen LogP contribution in [0, 0.1) is 17.8 Å². The lowest BCUT2D eigenvalue weighted by molar-refractivity contribution is -0.152. The number of unbranched alkanes of at least 4 members (excludes halogenated alkanes) is 1. The highest BCUT2D eigenvalue weighted by atomic mass is 16.5. The van der Waals surface area contributed by atoms with Crippen LogP contribution in [0.4, 0.5) is 0 Å². The summed E-state index contributed by atoms with van der Waals surface area (Å²) >= 11 is 0. The third-order valence-corrected chi connectivity index (χ3v) is 3.62. The monoisotopic (exact) mass is 208 g/mol. The van der Waals surface area contributed by atoms with Crippen LogP contribution in [-0.2, 0) is 9.53 Å². The standard InChI is InChI=1S/C13H20O2/c1-2-3-8-15-13(14)12-9-10-4-6-11(12)7-5-10/h4,6,10-12H,2-3,5,7-9H2,1H3/t10-,11+,12+/m0/s1. The molecule has 0 aromatic heterocycles. The summed E-state index contributed by atoms with van der Waals surface area (Å²) in [6.45, 7) is 2.71. The van der Waals surface area contributed by atoms with Gasteiger partial charge in [-0.05, 0) is 37.5 Å². The zero-order chi connectivity index (χ0) is 10.7. The number of rotatable bonds is 4. The van der Waals surface area contributed by atoms with E-state index in [0.717, 1.165) is 19.3 Å². The van der Waals surface area contributed by atoms with Crippen molar-refractivity contribution in [2.45, 2.75) is 39.0 Å². The van der Waals surface area contributed by atoms with E-state index in [4.69, 9.17) is 4.74 Å². The molecule has 3 aliphatic rings. The van der Waals surface area contributed by atoms with Crippen molar-refractivity contribution in [1.29, 1.82) is 0 Å². The fourth-order valence-corrected chi connectivity index (χ4v) is 2.63. The third-order valence-electron chi connectivity index (χ3n) is 3.62. The molecule has 0 amide bonds. The van der Waals surface area contributed by atoms with Crippen LogP contribution < -0.4 is 0 Å². The molecule has 2 nitrogen and oxygen atoms in total. The van der Waals surface area contributed by atoms with Gasteiger partial charge < -0.3 is 4.74 Å². The van der Waals surface area contributed by atoms with Crippen LogP contribution in [0.1, 0.15) is 39.0 Å². The molecule has 2 bridgehead atoms.